The second-order valence-corrected chi connectivity index (χ2v) is 8.26. The molecule has 0 unspecified atom stereocenters. The highest BCUT2D eigenvalue weighted by Crippen LogP contribution is 2.50. The second kappa shape index (κ2) is 8.31. The van der Waals surface area contributed by atoms with Gasteiger partial charge in [-0.1, -0.05) is 6.07 Å². The van der Waals surface area contributed by atoms with Crippen LogP contribution in [-0.2, 0) is 19.9 Å². The molecular formula is C19H23N4O4P. The van der Waals surface area contributed by atoms with Crippen LogP contribution in [0.1, 0.15) is 37.1 Å². The molecule has 0 N–H and O–H groups in total. The topological polar surface area (TPSA) is 96.2 Å². The zero-order valence-electron chi connectivity index (χ0n) is 16.4. The standard InChI is InChI=1S/C19H23N4O4P/c1-5-26-28(25,27-6-2)12-23-18-8-7-15(16-10-20-14(4)21-11-16)9-17(18)19(22-23)13(3)24/h7-11H,5-6,12H2,1-4H3. The van der Waals surface area contributed by atoms with Gasteiger partial charge in [0.1, 0.15) is 17.8 Å². The third-order valence-corrected chi connectivity index (χ3v) is 6.07. The first kappa shape index (κ1) is 20.3. The number of rotatable bonds is 8. The summed E-state index contributed by atoms with van der Waals surface area (Å²) in [4.78, 5) is 20.6. The highest BCUT2D eigenvalue weighted by molar-refractivity contribution is 7.52. The molecule has 2 heterocycles. The van der Waals surface area contributed by atoms with Crippen LogP contribution in [0.5, 0.6) is 0 Å². The SMILES string of the molecule is CCOP(=O)(Cn1nc(C(C)=O)c2cc(-c3cnc(C)nc3)ccc21)OCC. The average molecular weight is 402 g/mol. The number of carbonyl (C=O) groups is 1. The third kappa shape index (κ3) is 4.19. The Bertz CT molecular complexity index is 1040. The molecule has 0 aliphatic rings. The van der Waals surface area contributed by atoms with Crippen molar-refractivity contribution in [2.45, 2.75) is 34.0 Å². The Balaban J connectivity index is 2.09. The molecule has 0 bridgehead atoms. The highest BCUT2D eigenvalue weighted by atomic mass is 31.2. The van der Waals surface area contributed by atoms with Gasteiger partial charge in [0.15, 0.2) is 5.78 Å². The molecule has 2 aromatic heterocycles. The van der Waals surface area contributed by atoms with Crippen molar-refractivity contribution in [3.05, 3.63) is 42.1 Å². The van der Waals surface area contributed by atoms with Gasteiger partial charge in [-0.3, -0.25) is 14.0 Å². The molecular weight excluding hydrogens is 379 g/mol. The van der Waals surface area contributed by atoms with Gasteiger partial charge in [-0.25, -0.2) is 9.97 Å². The fourth-order valence-electron chi connectivity index (χ4n) is 2.94. The van der Waals surface area contributed by atoms with E-state index in [0.717, 1.165) is 11.1 Å². The third-order valence-electron chi connectivity index (χ3n) is 4.16. The molecule has 0 saturated heterocycles. The number of hydrogen-bond donors (Lipinski definition) is 0. The fourth-order valence-corrected chi connectivity index (χ4v) is 4.51. The van der Waals surface area contributed by atoms with Crippen LogP contribution in [0.3, 0.4) is 0 Å². The van der Waals surface area contributed by atoms with Crippen LogP contribution in [0, 0.1) is 6.92 Å². The molecule has 3 rings (SSSR count). The van der Waals surface area contributed by atoms with E-state index in [-0.39, 0.29) is 25.3 Å². The van der Waals surface area contributed by atoms with E-state index in [2.05, 4.69) is 15.1 Å². The molecule has 0 fully saturated rings. The minimum Gasteiger partial charge on any atom is -0.308 e. The number of aromatic nitrogens is 4. The predicted octanol–water partition coefficient (Wildman–Crippen LogP) is 4.23. The van der Waals surface area contributed by atoms with Crippen molar-refractivity contribution in [3.63, 3.8) is 0 Å². The lowest BCUT2D eigenvalue weighted by Crippen LogP contribution is -2.07. The fraction of sp³-hybridized carbons (Fsp3) is 0.368. The van der Waals surface area contributed by atoms with Crippen LogP contribution >= 0.6 is 7.60 Å². The molecule has 0 atom stereocenters. The maximum atomic E-state index is 12.9. The van der Waals surface area contributed by atoms with Crippen molar-refractivity contribution >= 4 is 24.3 Å². The minimum absolute atomic E-state index is 0.0640. The van der Waals surface area contributed by atoms with Gasteiger partial charge in [0.25, 0.3) is 0 Å². The van der Waals surface area contributed by atoms with E-state index in [0.29, 0.717) is 22.4 Å². The van der Waals surface area contributed by atoms with Crippen LogP contribution in [0.25, 0.3) is 22.0 Å². The molecule has 9 heteroatoms. The van der Waals surface area contributed by atoms with Crippen molar-refractivity contribution in [2.24, 2.45) is 0 Å². The maximum Gasteiger partial charge on any atom is 0.351 e. The molecule has 0 radical (unpaired) electrons. The van der Waals surface area contributed by atoms with Gasteiger partial charge < -0.3 is 9.05 Å². The van der Waals surface area contributed by atoms with Gasteiger partial charge in [-0.15, -0.1) is 0 Å². The van der Waals surface area contributed by atoms with Crippen molar-refractivity contribution in [3.8, 4) is 11.1 Å². The number of benzene rings is 1. The van der Waals surface area contributed by atoms with Crippen molar-refractivity contribution in [1.82, 2.24) is 19.7 Å². The summed E-state index contributed by atoms with van der Waals surface area (Å²) in [6, 6.07) is 5.60. The Morgan fingerprint density at radius 3 is 2.32 bits per heavy atom. The van der Waals surface area contributed by atoms with Crippen molar-refractivity contribution in [2.75, 3.05) is 13.2 Å². The van der Waals surface area contributed by atoms with Gasteiger partial charge in [-0.2, -0.15) is 5.10 Å². The molecule has 28 heavy (non-hydrogen) atoms. The van der Waals surface area contributed by atoms with E-state index in [9.17, 15) is 9.36 Å². The lowest BCUT2D eigenvalue weighted by Gasteiger charge is -2.17. The quantitative estimate of drug-likeness (QED) is 0.411. The number of aryl methyl sites for hydroxylation is 1. The molecule has 148 valence electrons. The number of nitrogens with zero attached hydrogens (tertiary/aromatic N) is 4. The summed E-state index contributed by atoms with van der Waals surface area (Å²) in [5.41, 5.74) is 2.70. The average Bonchev–Trinajstić information content (AvgIpc) is 3.00. The summed E-state index contributed by atoms with van der Waals surface area (Å²) in [5, 5.41) is 5.06. The van der Waals surface area contributed by atoms with E-state index in [1.165, 1.54) is 11.6 Å². The Labute approximate surface area is 163 Å². The Hall–Kier alpha value is -2.41. The van der Waals surface area contributed by atoms with Crippen LogP contribution in [0.15, 0.2) is 30.6 Å². The van der Waals surface area contributed by atoms with Crippen molar-refractivity contribution in [1.29, 1.82) is 0 Å². The van der Waals surface area contributed by atoms with E-state index < -0.39 is 7.60 Å². The lowest BCUT2D eigenvalue weighted by atomic mass is 10.0. The zero-order valence-corrected chi connectivity index (χ0v) is 17.3. The number of fused-ring (bicyclic) bond motifs is 1. The summed E-state index contributed by atoms with van der Waals surface area (Å²) in [7, 11) is -3.37. The summed E-state index contributed by atoms with van der Waals surface area (Å²) < 4.78 is 25.2. The van der Waals surface area contributed by atoms with Crippen LogP contribution in [-0.4, -0.2) is 38.7 Å². The van der Waals surface area contributed by atoms with Crippen molar-refractivity contribution < 1.29 is 18.4 Å². The minimum atomic E-state index is -3.37. The van der Waals surface area contributed by atoms with Gasteiger partial charge in [0.05, 0.1) is 18.7 Å². The molecule has 1 aromatic carbocycles. The van der Waals surface area contributed by atoms with Gasteiger partial charge in [-0.05, 0) is 38.5 Å². The summed E-state index contributed by atoms with van der Waals surface area (Å²) in [6.45, 7) is 7.30. The molecule has 3 aromatic rings. The first-order valence-electron chi connectivity index (χ1n) is 9.05. The van der Waals surface area contributed by atoms with E-state index in [4.69, 9.17) is 9.05 Å². The van der Waals surface area contributed by atoms with Crippen LogP contribution in [0.4, 0.5) is 0 Å². The summed E-state index contributed by atoms with van der Waals surface area (Å²) >= 11 is 0. The normalized spacial score (nSPS) is 11.9. The molecule has 8 nitrogen and oxygen atoms in total. The predicted molar refractivity (Wildman–Crippen MR) is 106 cm³/mol. The number of Topliss-reactive ketones (excluding diaryl/α,β-unsaturated/α-hetero) is 1. The van der Waals surface area contributed by atoms with Gasteiger partial charge in [0, 0.05) is 30.3 Å². The zero-order chi connectivity index (χ0) is 20.3. The smallest absolute Gasteiger partial charge is 0.308 e. The first-order valence-corrected chi connectivity index (χ1v) is 10.8. The van der Waals surface area contributed by atoms with E-state index in [1.54, 1.807) is 26.2 Å². The van der Waals surface area contributed by atoms with Crippen LogP contribution < -0.4 is 0 Å². The Morgan fingerprint density at radius 1 is 1.11 bits per heavy atom. The highest BCUT2D eigenvalue weighted by Gasteiger charge is 2.27. The summed E-state index contributed by atoms with van der Waals surface area (Å²) in [6.07, 6.45) is 3.41. The molecule has 0 saturated carbocycles. The number of hydrogen-bond acceptors (Lipinski definition) is 7. The lowest BCUT2D eigenvalue weighted by molar-refractivity contribution is 0.101. The van der Waals surface area contributed by atoms with Gasteiger partial charge >= 0.3 is 7.60 Å². The molecule has 0 aliphatic heterocycles. The largest absolute Gasteiger partial charge is 0.351 e. The number of ketones is 1. The molecule has 0 spiro atoms. The maximum absolute atomic E-state index is 12.9. The van der Waals surface area contributed by atoms with E-state index in [1.807, 2.05) is 25.1 Å². The number of carbonyl (C=O) groups excluding carboxylic acids is 1. The molecule has 0 aliphatic carbocycles. The Kier molecular flexibility index (Phi) is 6.03. The van der Waals surface area contributed by atoms with Gasteiger partial charge in [0.2, 0.25) is 0 Å². The Morgan fingerprint density at radius 2 is 1.75 bits per heavy atom. The monoisotopic (exact) mass is 402 g/mol. The summed E-state index contributed by atoms with van der Waals surface area (Å²) in [5.74, 6) is 0.508. The van der Waals surface area contributed by atoms with E-state index >= 15 is 0 Å². The first-order chi connectivity index (χ1) is 13.4. The molecule has 0 amide bonds. The van der Waals surface area contributed by atoms with Crippen LogP contribution in [0.2, 0.25) is 0 Å². The second-order valence-electron chi connectivity index (χ2n) is 6.24.